The van der Waals surface area contributed by atoms with Gasteiger partial charge >= 0.3 is 0 Å². The predicted octanol–water partition coefficient (Wildman–Crippen LogP) is 16.6. The topological polar surface area (TPSA) is 35.6 Å². The molecule has 0 aliphatic carbocycles. The molecule has 0 spiro atoms. The number of nitrogens with zero attached hydrogens (tertiary/aromatic N) is 4. The third kappa shape index (κ3) is 6.91. The van der Waals surface area contributed by atoms with Gasteiger partial charge in [-0.1, -0.05) is 157 Å². The molecule has 4 heteroatoms. The quantitative estimate of drug-likeness (QED) is 0.167. The molecular weight excluding hydrogens is 801 g/mol. The van der Waals surface area contributed by atoms with Crippen LogP contribution in [0.2, 0.25) is 0 Å². The third-order valence-electron chi connectivity index (χ3n) is 13.4. The summed E-state index contributed by atoms with van der Waals surface area (Å²) in [4.78, 5) is 11.1. The number of aryl methyl sites for hydroxylation is 2. The van der Waals surface area contributed by atoms with Gasteiger partial charge in [-0.25, -0.2) is 0 Å². The van der Waals surface area contributed by atoms with E-state index in [0.29, 0.717) is 0 Å². The summed E-state index contributed by atoms with van der Waals surface area (Å²) in [5, 5.41) is 5.01. The first-order valence-corrected chi connectivity index (χ1v) is 23.2. The van der Waals surface area contributed by atoms with Crippen molar-refractivity contribution < 1.29 is 0 Å². The van der Waals surface area contributed by atoms with Crippen LogP contribution in [-0.4, -0.2) is 19.1 Å². The Balaban J connectivity index is 0.994. The molecular formula is C62H54N4. The van der Waals surface area contributed by atoms with E-state index in [1.807, 2.05) is 0 Å². The van der Waals surface area contributed by atoms with Gasteiger partial charge in [0, 0.05) is 66.0 Å². The maximum absolute atomic E-state index is 5.60. The minimum Gasteiger partial charge on any atom is -0.309 e. The van der Waals surface area contributed by atoms with E-state index >= 15 is 0 Å². The SMILES string of the molecule is Cc1cc(-n2c3ccccc3c3ccccc32)ccc1-c1ccc(-c2ccc(-c3cc(-n4c5ccccc5c5cc(-c6ccccc6)ccc54)ccc3C)nc2C(C)(C)C)c(C(C)(C)C)n1. The van der Waals surface area contributed by atoms with Crippen LogP contribution in [0.4, 0.5) is 0 Å². The van der Waals surface area contributed by atoms with Crippen molar-refractivity contribution in [2.45, 2.75) is 66.2 Å². The van der Waals surface area contributed by atoms with Gasteiger partial charge in [-0.15, -0.1) is 0 Å². The Labute approximate surface area is 387 Å². The van der Waals surface area contributed by atoms with Gasteiger partial charge in [0.25, 0.3) is 0 Å². The van der Waals surface area contributed by atoms with Gasteiger partial charge in [0.05, 0.1) is 44.8 Å². The fourth-order valence-corrected chi connectivity index (χ4v) is 10.2. The molecule has 0 fully saturated rings. The van der Waals surface area contributed by atoms with Gasteiger partial charge in [-0.05, 0) is 103 Å². The molecule has 0 saturated carbocycles. The van der Waals surface area contributed by atoms with Crippen molar-refractivity contribution in [3.63, 3.8) is 0 Å². The zero-order valence-corrected chi connectivity index (χ0v) is 39.1. The van der Waals surface area contributed by atoms with Crippen LogP contribution < -0.4 is 0 Å². The molecule has 0 saturated heterocycles. The molecule has 0 atom stereocenters. The Kier molecular flexibility index (Phi) is 9.70. The van der Waals surface area contributed by atoms with E-state index in [-0.39, 0.29) is 10.8 Å². The summed E-state index contributed by atoms with van der Waals surface area (Å²) < 4.78 is 4.79. The van der Waals surface area contributed by atoms with Crippen LogP contribution in [0.25, 0.3) is 99.8 Å². The summed E-state index contributed by atoms with van der Waals surface area (Å²) in [6, 6.07) is 66.2. The molecule has 66 heavy (non-hydrogen) atoms. The van der Waals surface area contributed by atoms with E-state index in [4.69, 9.17) is 9.97 Å². The van der Waals surface area contributed by atoms with Gasteiger partial charge in [-0.3, -0.25) is 9.97 Å². The molecule has 11 aromatic rings. The molecule has 0 amide bonds. The molecule has 4 aromatic heterocycles. The Bertz CT molecular complexity index is 3630. The van der Waals surface area contributed by atoms with Gasteiger partial charge in [-0.2, -0.15) is 0 Å². The van der Waals surface area contributed by atoms with Crippen molar-refractivity contribution in [3.8, 4) is 56.1 Å². The number of rotatable bonds is 6. The smallest absolute Gasteiger partial charge is 0.0709 e. The summed E-state index contributed by atoms with van der Waals surface area (Å²) in [7, 11) is 0. The largest absolute Gasteiger partial charge is 0.309 e. The molecule has 0 aliphatic rings. The second kappa shape index (κ2) is 15.6. The van der Waals surface area contributed by atoms with Crippen LogP contribution in [0.1, 0.15) is 64.1 Å². The number of hydrogen-bond donors (Lipinski definition) is 0. The standard InChI is InChI=1S/C62H54N4/c1-39-26-28-44(66-57-25-17-14-22-48(57)52-37-42(27-35-58(52)66)41-18-10-9-11-19-41)38-51(39)54-34-32-50(60(64-54)62(6,7)8)49-31-33-53(63-59(49)61(3,4)5)45-30-29-43(36-40(45)2)65-55-23-15-12-20-46(55)47-21-13-16-24-56(47)65/h9-38H,1-8H3. The average Bonchev–Trinajstić information content (AvgIpc) is 3.84. The average molecular weight is 855 g/mol. The highest BCUT2D eigenvalue weighted by Crippen LogP contribution is 2.42. The van der Waals surface area contributed by atoms with E-state index in [2.05, 4.69) is 247 Å². The van der Waals surface area contributed by atoms with Crippen molar-refractivity contribution in [1.29, 1.82) is 0 Å². The van der Waals surface area contributed by atoms with E-state index in [9.17, 15) is 0 Å². The Hall–Kier alpha value is -7.56. The first-order chi connectivity index (χ1) is 31.8. The molecule has 4 nitrogen and oxygen atoms in total. The van der Waals surface area contributed by atoms with Crippen LogP contribution in [0.5, 0.6) is 0 Å². The Morgan fingerprint density at radius 3 is 1.33 bits per heavy atom. The molecule has 7 aromatic carbocycles. The van der Waals surface area contributed by atoms with Crippen LogP contribution in [-0.2, 0) is 10.8 Å². The van der Waals surface area contributed by atoms with Crippen molar-refractivity contribution >= 4 is 43.6 Å². The highest BCUT2D eigenvalue weighted by atomic mass is 15.0. The Morgan fingerprint density at radius 2 is 0.788 bits per heavy atom. The normalized spacial score (nSPS) is 12.2. The summed E-state index contributed by atoms with van der Waals surface area (Å²) in [5.41, 5.74) is 20.0. The fraction of sp³-hybridized carbons (Fsp3) is 0.161. The molecule has 322 valence electrons. The second-order valence-electron chi connectivity index (χ2n) is 20.0. The van der Waals surface area contributed by atoms with Crippen molar-refractivity contribution in [2.24, 2.45) is 0 Å². The monoisotopic (exact) mass is 854 g/mol. The lowest BCUT2D eigenvalue weighted by Crippen LogP contribution is -2.19. The van der Waals surface area contributed by atoms with Gasteiger partial charge in [0.1, 0.15) is 0 Å². The van der Waals surface area contributed by atoms with Crippen LogP contribution >= 0.6 is 0 Å². The van der Waals surface area contributed by atoms with Crippen LogP contribution in [0.15, 0.2) is 182 Å². The second-order valence-corrected chi connectivity index (χ2v) is 20.0. The lowest BCUT2D eigenvalue weighted by atomic mass is 9.81. The van der Waals surface area contributed by atoms with Crippen molar-refractivity contribution in [1.82, 2.24) is 19.1 Å². The van der Waals surface area contributed by atoms with Crippen LogP contribution in [0, 0.1) is 13.8 Å². The molecule has 4 heterocycles. The maximum atomic E-state index is 5.60. The maximum Gasteiger partial charge on any atom is 0.0709 e. The number of para-hydroxylation sites is 3. The van der Waals surface area contributed by atoms with Gasteiger partial charge in [0.2, 0.25) is 0 Å². The number of fused-ring (bicyclic) bond motifs is 6. The number of hydrogen-bond acceptors (Lipinski definition) is 2. The van der Waals surface area contributed by atoms with E-state index in [1.165, 1.54) is 65.9 Å². The van der Waals surface area contributed by atoms with Crippen molar-refractivity contribution in [3.05, 3.63) is 205 Å². The summed E-state index contributed by atoms with van der Waals surface area (Å²) >= 11 is 0. The lowest BCUT2D eigenvalue weighted by Gasteiger charge is -2.27. The number of benzene rings is 7. The zero-order valence-electron chi connectivity index (χ0n) is 39.1. The van der Waals surface area contributed by atoms with E-state index in [0.717, 1.165) is 56.4 Å². The predicted molar refractivity (Wildman–Crippen MR) is 279 cm³/mol. The minimum absolute atomic E-state index is 0.231. The van der Waals surface area contributed by atoms with E-state index < -0.39 is 0 Å². The third-order valence-corrected chi connectivity index (χ3v) is 13.4. The first-order valence-electron chi connectivity index (χ1n) is 23.2. The van der Waals surface area contributed by atoms with Gasteiger partial charge < -0.3 is 9.13 Å². The molecule has 0 unspecified atom stereocenters. The molecule has 11 rings (SSSR count). The highest BCUT2D eigenvalue weighted by molar-refractivity contribution is 6.11. The zero-order chi connectivity index (χ0) is 45.5. The lowest BCUT2D eigenvalue weighted by molar-refractivity contribution is 0.563. The Morgan fingerprint density at radius 1 is 0.333 bits per heavy atom. The first kappa shape index (κ1) is 41.2. The fourth-order valence-electron chi connectivity index (χ4n) is 10.2. The van der Waals surface area contributed by atoms with Crippen molar-refractivity contribution in [2.75, 3.05) is 0 Å². The molecule has 0 bridgehead atoms. The molecule has 0 N–H and O–H groups in total. The number of pyridine rings is 2. The molecule has 0 radical (unpaired) electrons. The highest BCUT2D eigenvalue weighted by Gasteiger charge is 2.28. The van der Waals surface area contributed by atoms with Crippen LogP contribution in [0.3, 0.4) is 0 Å². The van der Waals surface area contributed by atoms with Gasteiger partial charge in [0.15, 0.2) is 0 Å². The number of aromatic nitrogens is 4. The van der Waals surface area contributed by atoms with E-state index in [1.54, 1.807) is 0 Å². The summed E-state index contributed by atoms with van der Waals surface area (Å²) in [6.45, 7) is 18.0. The minimum atomic E-state index is -0.243. The summed E-state index contributed by atoms with van der Waals surface area (Å²) in [5.74, 6) is 0. The summed E-state index contributed by atoms with van der Waals surface area (Å²) in [6.07, 6.45) is 0. The molecule has 0 aliphatic heterocycles.